The van der Waals surface area contributed by atoms with Crippen LogP contribution < -0.4 is 16.2 Å². The second-order valence-electron chi connectivity index (χ2n) is 4.01. The Morgan fingerprint density at radius 1 is 1.16 bits per heavy atom. The zero-order chi connectivity index (χ0) is 14.3. The highest BCUT2D eigenvalue weighted by Gasteiger charge is 2.02. The number of carbonyl (C=O) groups is 2. The number of hydrogen-bond donors (Lipinski definition) is 3. The number of rotatable bonds is 4. The molecule has 1 amide bonds. The average molecular weight is 279 g/mol. The van der Waals surface area contributed by atoms with E-state index in [1.807, 2.05) is 6.92 Å². The predicted molar refractivity (Wildman–Crippen MR) is 78.9 cm³/mol. The number of Topliss-reactive ketones (excluding diaryl/α,β-unsaturated/α-hetero) is 1. The Hall–Kier alpha value is -1.95. The van der Waals surface area contributed by atoms with Crippen molar-refractivity contribution in [2.45, 2.75) is 26.7 Å². The van der Waals surface area contributed by atoms with Crippen LogP contribution in [0.2, 0.25) is 0 Å². The fraction of sp³-hybridized carbons (Fsp3) is 0.308. The number of benzene rings is 1. The molecule has 0 spiro atoms. The summed E-state index contributed by atoms with van der Waals surface area (Å²) in [6, 6.07) is 6.92. The summed E-state index contributed by atoms with van der Waals surface area (Å²) >= 11 is 5.02. The average Bonchev–Trinajstić information content (AvgIpc) is 2.37. The number of hydrogen-bond acceptors (Lipinski definition) is 3. The summed E-state index contributed by atoms with van der Waals surface area (Å²) in [5, 5.41) is 3.19. The molecule has 1 aromatic rings. The van der Waals surface area contributed by atoms with Crippen LogP contribution in [0.15, 0.2) is 24.3 Å². The highest BCUT2D eigenvalue weighted by atomic mass is 32.1. The lowest BCUT2D eigenvalue weighted by Crippen LogP contribution is -2.43. The van der Waals surface area contributed by atoms with Gasteiger partial charge in [-0.25, -0.2) is 0 Å². The first-order valence-corrected chi connectivity index (χ1v) is 6.40. The van der Waals surface area contributed by atoms with E-state index >= 15 is 0 Å². The van der Waals surface area contributed by atoms with Gasteiger partial charge in [0, 0.05) is 17.7 Å². The molecule has 0 radical (unpaired) electrons. The Balaban J connectivity index is 2.44. The molecule has 0 saturated heterocycles. The highest BCUT2D eigenvalue weighted by molar-refractivity contribution is 7.80. The molecule has 102 valence electrons. The molecule has 0 atom stereocenters. The van der Waals surface area contributed by atoms with E-state index in [2.05, 4.69) is 16.2 Å². The van der Waals surface area contributed by atoms with Gasteiger partial charge in [-0.1, -0.05) is 6.92 Å². The first-order valence-electron chi connectivity index (χ1n) is 5.99. The van der Waals surface area contributed by atoms with Crippen molar-refractivity contribution in [3.8, 4) is 0 Å². The zero-order valence-corrected chi connectivity index (χ0v) is 11.8. The number of anilines is 1. The van der Waals surface area contributed by atoms with Gasteiger partial charge in [0.25, 0.3) is 0 Å². The molecule has 0 unspecified atom stereocenters. The van der Waals surface area contributed by atoms with Crippen LogP contribution in [-0.2, 0) is 4.79 Å². The van der Waals surface area contributed by atoms with Crippen LogP contribution in [0, 0.1) is 0 Å². The molecular weight excluding hydrogens is 262 g/mol. The third kappa shape index (κ3) is 5.48. The van der Waals surface area contributed by atoms with Crippen LogP contribution >= 0.6 is 12.2 Å². The number of nitrogens with one attached hydrogen (secondary N) is 3. The van der Waals surface area contributed by atoms with E-state index in [0.717, 1.165) is 12.1 Å². The van der Waals surface area contributed by atoms with E-state index in [-0.39, 0.29) is 11.7 Å². The molecule has 1 aromatic carbocycles. The standard InChI is InChI=1S/C13H17N3O2S/c1-3-4-12(18)15-16-13(19)14-11-7-5-10(6-8-11)9(2)17/h5-8H,3-4H2,1-2H3,(H,15,18)(H2,14,16,19). The van der Waals surface area contributed by atoms with Crippen molar-refractivity contribution in [3.05, 3.63) is 29.8 Å². The van der Waals surface area contributed by atoms with Crippen LogP contribution in [0.25, 0.3) is 0 Å². The van der Waals surface area contributed by atoms with Crippen molar-refractivity contribution in [1.29, 1.82) is 0 Å². The summed E-state index contributed by atoms with van der Waals surface area (Å²) in [4.78, 5) is 22.3. The molecule has 0 bridgehead atoms. The summed E-state index contributed by atoms with van der Waals surface area (Å²) in [5.41, 5.74) is 6.48. The van der Waals surface area contributed by atoms with E-state index in [1.165, 1.54) is 6.92 Å². The van der Waals surface area contributed by atoms with Gasteiger partial charge in [0.05, 0.1) is 0 Å². The van der Waals surface area contributed by atoms with Crippen molar-refractivity contribution >= 4 is 34.7 Å². The normalized spacial score (nSPS) is 9.58. The molecule has 0 saturated carbocycles. The van der Waals surface area contributed by atoms with Gasteiger partial charge in [-0.2, -0.15) is 0 Å². The predicted octanol–water partition coefficient (Wildman–Crippen LogP) is 2.01. The van der Waals surface area contributed by atoms with Gasteiger partial charge in [-0.3, -0.25) is 20.4 Å². The smallest absolute Gasteiger partial charge is 0.238 e. The molecule has 0 heterocycles. The first-order chi connectivity index (χ1) is 9.02. The molecule has 0 aliphatic rings. The van der Waals surface area contributed by atoms with Crippen molar-refractivity contribution in [2.75, 3.05) is 5.32 Å². The monoisotopic (exact) mass is 279 g/mol. The summed E-state index contributed by atoms with van der Waals surface area (Å²) in [6.07, 6.45) is 1.23. The molecule has 0 aromatic heterocycles. The lowest BCUT2D eigenvalue weighted by molar-refractivity contribution is -0.121. The SMILES string of the molecule is CCCC(=O)NNC(=S)Nc1ccc(C(C)=O)cc1. The van der Waals surface area contributed by atoms with Gasteiger partial charge in [0.1, 0.15) is 0 Å². The maximum absolute atomic E-state index is 11.2. The van der Waals surface area contributed by atoms with Crippen LogP contribution in [0.4, 0.5) is 5.69 Å². The topological polar surface area (TPSA) is 70.2 Å². The van der Waals surface area contributed by atoms with Gasteiger partial charge in [0.15, 0.2) is 10.9 Å². The fourth-order valence-corrected chi connectivity index (χ4v) is 1.54. The summed E-state index contributed by atoms with van der Waals surface area (Å²) in [6.45, 7) is 3.44. The van der Waals surface area contributed by atoms with Gasteiger partial charge in [-0.15, -0.1) is 0 Å². The zero-order valence-electron chi connectivity index (χ0n) is 10.9. The van der Waals surface area contributed by atoms with Crippen LogP contribution in [0.1, 0.15) is 37.0 Å². The molecular formula is C13H17N3O2S. The summed E-state index contributed by atoms with van der Waals surface area (Å²) < 4.78 is 0. The van der Waals surface area contributed by atoms with Crippen LogP contribution in [-0.4, -0.2) is 16.8 Å². The molecule has 5 nitrogen and oxygen atoms in total. The molecule has 0 fully saturated rings. The number of amides is 1. The van der Waals surface area contributed by atoms with E-state index in [0.29, 0.717) is 17.1 Å². The number of hydrazine groups is 1. The minimum Gasteiger partial charge on any atom is -0.331 e. The van der Waals surface area contributed by atoms with E-state index in [4.69, 9.17) is 12.2 Å². The van der Waals surface area contributed by atoms with Gasteiger partial charge < -0.3 is 5.32 Å². The first kappa shape index (κ1) is 15.1. The Morgan fingerprint density at radius 3 is 2.32 bits per heavy atom. The minimum atomic E-state index is -0.112. The number of thiocarbonyl (C=S) groups is 1. The highest BCUT2D eigenvalue weighted by Crippen LogP contribution is 2.09. The quantitative estimate of drug-likeness (QED) is 0.447. The summed E-state index contributed by atoms with van der Waals surface area (Å²) in [7, 11) is 0. The number of carbonyl (C=O) groups excluding carboxylic acids is 2. The Bertz CT molecular complexity index is 471. The van der Waals surface area contributed by atoms with E-state index in [1.54, 1.807) is 24.3 Å². The minimum absolute atomic E-state index is 0.0130. The van der Waals surface area contributed by atoms with Gasteiger partial charge in [-0.05, 0) is 49.8 Å². The maximum Gasteiger partial charge on any atom is 0.238 e. The number of ketones is 1. The van der Waals surface area contributed by atoms with E-state index < -0.39 is 0 Å². The van der Waals surface area contributed by atoms with Crippen LogP contribution in [0.5, 0.6) is 0 Å². The largest absolute Gasteiger partial charge is 0.331 e. The van der Waals surface area contributed by atoms with Gasteiger partial charge in [0.2, 0.25) is 5.91 Å². The summed E-state index contributed by atoms with van der Waals surface area (Å²) in [5.74, 6) is -0.0994. The third-order valence-corrected chi connectivity index (χ3v) is 2.55. The fourth-order valence-electron chi connectivity index (χ4n) is 1.37. The Labute approximate surface area is 117 Å². The van der Waals surface area contributed by atoms with Gasteiger partial charge >= 0.3 is 0 Å². The van der Waals surface area contributed by atoms with Crippen molar-refractivity contribution in [2.24, 2.45) is 0 Å². The second kappa shape index (κ2) is 7.48. The molecule has 0 aliphatic carbocycles. The van der Waals surface area contributed by atoms with Crippen LogP contribution in [0.3, 0.4) is 0 Å². The van der Waals surface area contributed by atoms with E-state index in [9.17, 15) is 9.59 Å². The molecule has 1 rings (SSSR count). The molecule has 19 heavy (non-hydrogen) atoms. The Morgan fingerprint density at radius 2 is 1.79 bits per heavy atom. The second-order valence-corrected chi connectivity index (χ2v) is 4.42. The Kier molecular flexibility index (Phi) is 5.95. The lowest BCUT2D eigenvalue weighted by Gasteiger charge is -2.11. The lowest BCUT2D eigenvalue weighted by atomic mass is 10.1. The molecule has 0 aliphatic heterocycles. The molecule has 3 N–H and O–H groups in total. The van der Waals surface area contributed by atoms with Crippen molar-refractivity contribution in [1.82, 2.24) is 10.9 Å². The van der Waals surface area contributed by atoms with Crippen molar-refractivity contribution in [3.63, 3.8) is 0 Å². The maximum atomic E-state index is 11.2. The van der Waals surface area contributed by atoms with Crippen molar-refractivity contribution < 1.29 is 9.59 Å². The third-order valence-electron chi connectivity index (χ3n) is 2.34. The molecule has 6 heteroatoms.